The molecule has 2 aliphatic rings. The molecule has 2 heterocycles. The largest absolute Gasteiger partial charge is 0.493 e. The van der Waals surface area contributed by atoms with Gasteiger partial charge in [0.2, 0.25) is 0 Å². The second-order valence-corrected chi connectivity index (χ2v) is 12.8. The Morgan fingerprint density at radius 1 is 1.08 bits per heavy atom. The van der Waals surface area contributed by atoms with E-state index in [1.807, 2.05) is 26.8 Å². The lowest BCUT2D eigenvalue weighted by Gasteiger charge is -2.48. The number of piperidine rings is 1. The monoisotopic (exact) mass is 530 g/mol. The summed E-state index contributed by atoms with van der Waals surface area (Å²) >= 11 is 0. The number of aryl methyl sites for hydroxylation is 2. The molecule has 1 fully saturated rings. The number of carbonyl (C=O) groups excluding carboxylic acids is 1. The van der Waals surface area contributed by atoms with E-state index in [4.69, 9.17) is 13.7 Å². The van der Waals surface area contributed by atoms with Crippen molar-refractivity contribution in [1.29, 1.82) is 0 Å². The van der Waals surface area contributed by atoms with E-state index in [0.717, 1.165) is 36.9 Å². The van der Waals surface area contributed by atoms with Gasteiger partial charge in [-0.1, -0.05) is 23.8 Å². The fraction of sp³-hybridized carbons (Fsp3) is 0.536. The zero-order chi connectivity index (χ0) is 27.1. The van der Waals surface area contributed by atoms with Gasteiger partial charge in [0.1, 0.15) is 5.60 Å². The van der Waals surface area contributed by atoms with Gasteiger partial charge < -0.3 is 19.0 Å². The Balaban J connectivity index is 1.71. The van der Waals surface area contributed by atoms with Crippen LogP contribution in [0.3, 0.4) is 0 Å². The molecule has 0 unspecified atom stereocenters. The van der Waals surface area contributed by atoms with Crippen molar-refractivity contribution in [3.63, 3.8) is 0 Å². The van der Waals surface area contributed by atoms with Crippen LogP contribution in [0.1, 0.15) is 67.0 Å². The Morgan fingerprint density at radius 3 is 2.46 bits per heavy atom. The summed E-state index contributed by atoms with van der Waals surface area (Å²) in [5.41, 5.74) is 5.12. The lowest BCUT2D eigenvalue weighted by atomic mass is 9.76. The molecule has 0 aromatic heterocycles. The minimum absolute atomic E-state index is 0.0336. The van der Waals surface area contributed by atoms with E-state index < -0.39 is 21.8 Å². The van der Waals surface area contributed by atoms with Gasteiger partial charge in [-0.2, -0.15) is 8.42 Å². The molecule has 0 radical (unpaired) electrons. The molecule has 3 atom stereocenters. The molecular weight excluding hydrogens is 492 g/mol. The molecule has 8 nitrogen and oxygen atoms in total. The highest BCUT2D eigenvalue weighted by Gasteiger charge is 2.41. The maximum absolute atomic E-state index is 12.9. The van der Waals surface area contributed by atoms with Crippen molar-refractivity contribution in [2.24, 2.45) is 0 Å². The predicted octanol–water partition coefficient (Wildman–Crippen LogP) is 4.63. The first-order valence-electron chi connectivity index (χ1n) is 12.6. The van der Waals surface area contributed by atoms with Gasteiger partial charge in [0.25, 0.3) is 0 Å². The molecule has 0 aliphatic carbocycles. The third kappa shape index (κ3) is 6.38. The molecule has 9 heteroatoms. The van der Waals surface area contributed by atoms with E-state index in [2.05, 4.69) is 42.3 Å². The van der Waals surface area contributed by atoms with Crippen LogP contribution in [0.4, 0.5) is 4.79 Å². The van der Waals surface area contributed by atoms with Gasteiger partial charge in [0.15, 0.2) is 11.5 Å². The van der Waals surface area contributed by atoms with Crippen LogP contribution in [0, 0.1) is 13.8 Å². The van der Waals surface area contributed by atoms with Gasteiger partial charge in [0.05, 0.1) is 13.4 Å². The summed E-state index contributed by atoms with van der Waals surface area (Å²) in [6.45, 7) is 11.4. The fourth-order valence-electron chi connectivity index (χ4n) is 5.52. The summed E-state index contributed by atoms with van der Waals surface area (Å²) in [6, 6.07) is 10.0. The first-order chi connectivity index (χ1) is 17.2. The molecule has 0 bridgehead atoms. The summed E-state index contributed by atoms with van der Waals surface area (Å²) in [5, 5.41) is 3.18. The van der Waals surface area contributed by atoms with E-state index in [1.165, 1.54) is 23.8 Å². The van der Waals surface area contributed by atoms with Gasteiger partial charge in [-0.05, 0) is 81.8 Å². The van der Waals surface area contributed by atoms with E-state index >= 15 is 0 Å². The lowest BCUT2D eigenvalue weighted by molar-refractivity contribution is 0.0412. The third-order valence-electron chi connectivity index (χ3n) is 7.07. The number of nitrogens with zero attached hydrogens (tertiary/aromatic N) is 1. The molecular formula is C28H38N2O6S. The molecule has 1 N–H and O–H groups in total. The molecule has 2 aromatic rings. The highest BCUT2D eigenvalue weighted by Crippen LogP contribution is 2.45. The van der Waals surface area contributed by atoms with Crippen molar-refractivity contribution in [3.8, 4) is 11.5 Å². The van der Waals surface area contributed by atoms with Crippen LogP contribution in [0.15, 0.2) is 30.3 Å². The topological polar surface area (TPSA) is 94.2 Å². The Morgan fingerprint density at radius 2 is 1.81 bits per heavy atom. The van der Waals surface area contributed by atoms with E-state index in [1.54, 1.807) is 6.07 Å². The minimum Gasteiger partial charge on any atom is -0.493 e. The standard InChI is InChI=1S/C28H38N2O6S/c1-17-8-9-18(2)20(12-17)22-16-30-11-10-19-13-26(36-37(7,32)33)25(34-6)14-21(19)24(30)15-23(22)29-27(31)35-28(3,4)5/h8-9,12-14,22-24H,10-11,15-16H2,1-7H3,(H,29,31)/t22-,23+,24+/m0/s1. The Labute approximate surface area is 220 Å². The molecule has 0 saturated carbocycles. The zero-order valence-corrected chi connectivity index (χ0v) is 23.6. The van der Waals surface area contributed by atoms with Gasteiger partial charge >= 0.3 is 16.2 Å². The van der Waals surface area contributed by atoms with Crippen molar-refractivity contribution < 1.29 is 26.9 Å². The Kier molecular flexibility index (Phi) is 7.50. The zero-order valence-electron chi connectivity index (χ0n) is 22.8. The smallest absolute Gasteiger partial charge is 0.407 e. The summed E-state index contributed by atoms with van der Waals surface area (Å²) in [5.74, 6) is 0.670. The number of fused-ring (bicyclic) bond motifs is 3. The SMILES string of the molecule is COc1cc2c(cc1OS(C)(=O)=O)CCN1C[C@@H](c3cc(C)ccc3C)[C@H](NC(=O)OC(C)(C)C)C[C@H]21. The highest BCUT2D eigenvalue weighted by atomic mass is 32.2. The maximum atomic E-state index is 12.9. The molecule has 1 saturated heterocycles. The van der Waals surface area contributed by atoms with Crippen LogP contribution in [0.25, 0.3) is 0 Å². The first-order valence-corrected chi connectivity index (χ1v) is 14.5. The summed E-state index contributed by atoms with van der Waals surface area (Å²) < 4.78 is 39.9. The maximum Gasteiger partial charge on any atom is 0.407 e. The van der Waals surface area contributed by atoms with Gasteiger partial charge in [-0.25, -0.2) is 4.79 Å². The number of methoxy groups -OCH3 is 1. The third-order valence-corrected chi connectivity index (χ3v) is 7.55. The Bertz CT molecular complexity index is 1280. The second kappa shape index (κ2) is 10.2. The van der Waals surface area contributed by atoms with Crippen LogP contribution in [-0.2, 0) is 21.3 Å². The predicted molar refractivity (Wildman–Crippen MR) is 143 cm³/mol. The van der Waals surface area contributed by atoms with E-state index in [9.17, 15) is 13.2 Å². The van der Waals surface area contributed by atoms with Crippen molar-refractivity contribution >= 4 is 16.2 Å². The molecule has 1 amide bonds. The second-order valence-electron chi connectivity index (χ2n) is 11.2. The lowest BCUT2D eigenvalue weighted by Crippen LogP contribution is -2.53. The number of alkyl carbamates (subject to hydrolysis) is 1. The van der Waals surface area contributed by atoms with Crippen LogP contribution < -0.4 is 14.2 Å². The fourth-order valence-corrected chi connectivity index (χ4v) is 5.98. The van der Waals surface area contributed by atoms with Crippen molar-refractivity contribution in [2.45, 2.75) is 71.1 Å². The number of amides is 1. The highest BCUT2D eigenvalue weighted by molar-refractivity contribution is 7.86. The number of hydrogen-bond acceptors (Lipinski definition) is 7. The summed E-state index contributed by atoms with van der Waals surface area (Å²) in [7, 11) is -2.19. The molecule has 4 rings (SSSR count). The van der Waals surface area contributed by atoms with Crippen LogP contribution in [0.2, 0.25) is 0 Å². The number of ether oxygens (including phenoxy) is 2. The van der Waals surface area contributed by atoms with E-state index in [0.29, 0.717) is 12.2 Å². The Hall–Kier alpha value is -2.78. The molecule has 202 valence electrons. The number of carbonyl (C=O) groups is 1. The molecule has 0 spiro atoms. The number of nitrogens with one attached hydrogen (secondary N) is 1. The summed E-state index contributed by atoms with van der Waals surface area (Å²) in [6.07, 6.45) is 2.04. The van der Waals surface area contributed by atoms with Crippen LogP contribution in [0.5, 0.6) is 11.5 Å². The van der Waals surface area contributed by atoms with Gasteiger partial charge in [-0.15, -0.1) is 0 Å². The van der Waals surface area contributed by atoms with Crippen LogP contribution in [-0.4, -0.2) is 57.5 Å². The minimum atomic E-state index is -3.69. The van der Waals surface area contributed by atoms with Crippen molar-refractivity contribution in [3.05, 3.63) is 58.1 Å². The average molecular weight is 531 g/mol. The van der Waals surface area contributed by atoms with E-state index in [-0.39, 0.29) is 23.8 Å². The molecule has 37 heavy (non-hydrogen) atoms. The first kappa shape index (κ1) is 27.3. The number of benzene rings is 2. The molecule has 2 aromatic carbocycles. The summed E-state index contributed by atoms with van der Waals surface area (Å²) in [4.78, 5) is 15.4. The van der Waals surface area contributed by atoms with Gasteiger partial charge in [0, 0.05) is 31.1 Å². The average Bonchev–Trinajstić information content (AvgIpc) is 2.77. The quantitative estimate of drug-likeness (QED) is 0.563. The van der Waals surface area contributed by atoms with Gasteiger partial charge in [-0.3, -0.25) is 4.90 Å². The number of rotatable bonds is 5. The van der Waals surface area contributed by atoms with Crippen molar-refractivity contribution in [1.82, 2.24) is 10.2 Å². The number of hydrogen-bond donors (Lipinski definition) is 1. The normalized spacial score (nSPS) is 22.0. The van der Waals surface area contributed by atoms with Crippen LogP contribution >= 0.6 is 0 Å². The molecule has 2 aliphatic heterocycles. The van der Waals surface area contributed by atoms with Crippen molar-refractivity contribution in [2.75, 3.05) is 26.5 Å².